The van der Waals surface area contributed by atoms with E-state index in [0.717, 1.165) is 18.5 Å². The lowest BCUT2D eigenvalue weighted by atomic mass is 9.86. The molecule has 110 valence electrons. The van der Waals surface area contributed by atoms with Gasteiger partial charge in [0.05, 0.1) is 0 Å². The molecule has 1 heterocycles. The Kier molecular flexibility index (Phi) is 4.42. The molecule has 2 fully saturated rings. The number of hydrogen-bond donors (Lipinski definition) is 1. The van der Waals surface area contributed by atoms with Gasteiger partial charge in [-0.3, -0.25) is 4.90 Å². The molecule has 1 aliphatic carbocycles. The minimum atomic E-state index is 0.699. The van der Waals surface area contributed by atoms with Crippen molar-refractivity contribution in [1.29, 1.82) is 0 Å². The quantitative estimate of drug-likeness (QED) is 0.883. The van der Waals surface area contributed by atoms with Gasteiger partial charge in [0.15, 0.2) is 0 Å². The van der Waals surface area contributed by atoms with Crippen LogP contribution in [0.5, 0.6) is 0 Å². The number of likely N-dealkylation sites (tertiary alicyclic amines) is 1. The molecule has 0 amide bonds. The van der Waals surface area contributed by atoms with Gasteiger partial charge in [0.2, 0.25) is 0 Å². The van der Waals surface area contributed by atoms with Crippen LogP contribution in [-0.4, -0.2) is 29.6 Å². The number of nitrogens with one attached hydrogen (secondary N) is 1. The van der Waals surface area contributed by atoms with E-state index >= 15 is 0 Å². The number of piperidine rings is 1. The van der Waals surface area contributed by atoms with Gasteiger partial charge in [-0.05, 0) is 57.6 Å². The Hall–Kier alpha value is -0.860. The number of nitrogens with zero attached hydrogens (tertiary/aromatic N) is 1. The second-order valence-electron chi connectivity index (χ2n) is 6.88. The monoisotopic (exact) mass is 272 g/mol. The molecule has 0 aromatic heterocycles. The van der Waals surface area contributed by atoms with E-state index in [9.17, 15) is 0 Å². The molecule has 2 heteroatoms. The highest BCUT2D eigenvalue weighted by Crippen LogP contribution is 2.29. The van der Waals surface area contributed by atoms with Crippen molar-refractivity contribution in [3.05, 3.63) is 35.9 Å². The van der Waals surface area contributed by atoms with Crippen LogP contribution in [0.1, 0.15) is 45.1 Å². The lowest BCUT2D eigenvalue weighted by Crippen LogP contribution is -2.47. The Bertz CT molecular complexity index is 401. The second-order valence-corrected chi connectivity index (χ2v) is 6.88. The van der Waals surface area contributed by atoms with Gasteiger partial charge in [0, 0.05) is 24.7 Å². The fraction of sp³-hybridized carbons (Fsp3) is 0.667. The van der Waals surface area contributed by atoms with Crippen LogP contribution in [0.3, 0.4) is 0 Å². The normalized spacial score (nSPS) is 31.4. The predicted molar refractivity (Wildman–Crippen MR) is 84.7 cm³/mol. The minimum absolute atomic E-state index is 0.699. The van der Waals surface area contributed by atoms with Gasteiger partial charge in [0.25, 0.3) is 0 Å². The Labute approximate surface area is 123 Å². The molecule has 0 radical (unpaired) electrons. The number of rotatable bonds is 5. The van der Waals surface area contributed by atoms with E-state index in [1.54, 1.807) is 0 Å². The van der Waals surface area contributed by atoms with Crippen LogP contribution < -0.4 is 5.32 Å². The Morgan fingerprint density at radius 3 is 2.30 bits per heavy atom. The average molecular weight is 272 g/mol. The summed E-state index contributed by atoms with van der Waals surface area (Å²) in [7, 11) is 0. The smallest absolute Gasteiger partial charge is 0.0239 e. The maximum atomic E-state index is 3.71. The van der Waals surface area contributed by atoms with Crippen molar-refractivity contribution in [2.75, 3.05) is 6.54 Å². The fourth-order valence-corrected chi connectivity index (χ4v) is 3.66. The largest absolute Gasteiger partial charge is 0.314 e. The summed E-state index contributed by atoms with van der Waals surface area (Å²) in [6.07, 6.45) is 5.49. The van der Waals surface area contributed by atoms with Crippen molar-refractivity contribution in [2.45, 2.75) is 64.2 Å². The zero-order chi connectivity index (χ0) is 13.9. The molecule has 20 heavy (non-hydrogen) atoms. The summed E-state index contributed by atoms with van der Waals surface area (Å²) in [4.78, 5) is 2.68. The second kappa shape index (κ2) is 6.28. The van der Waals surface area contributed by atoms with E-state index in [0.29, 0.717) is 12.1 Å². The highest BCUT2D eigenvalue weighted by atomic mass is 15.2. The van der Waals surface area contributed by atoms with Crippen molar-refractivity contribution in [3.63, 3.8) is 0 Å². The van der Waals surface area contributed by atoms with Crippen molar-refractivity contribution in [1.82, 2.24) is 10.2 Å². The fourth-order valence-electron chi connectivity index (χ4n) is 3.66. The maximum Gasteiger partial charge on any atom is 0.0239 e. The summed E-state index contributed by atoms with van der Waals surface area (Å²) >= 11 is 0. The van der Waals surface area contributed by atoms with Crippen LogP contribution in [0.4, 0.5) is 0 Å². The first kappa shape index (κ1) is 14.1. The summed E-state index contributed by atoms with van der Waals surface area (Å²) in [6, 6.07) is 13.2. The Morgan fingerprint density at radius 1 is 1.05 bits per heavy atom. The van der Waals surface area contributed by atoms with E-state index in [1.807, 2.05) is 0 Å². The van der Waals surface area contributed by atoms with Crippen LogP contribution >= 0.6 is 0 Å². The average Bonchev–Trinajstić information content (AvgIpc) is 3.26. The van der Waals surface area contributed by atoms with Crippen LogP contribution in [0, 0.1) is 5.92 Å². The topological polar surface area (TPSA) is 15.3 Å². The van der Waals surface area contributed by atoms with Gasteiger partial charge in [-0.2, -0.15) is 0 Å². The van der Waals surface area contributed by atoms with Crippen molar-refractivity contribution >= 4 is 0 Å². The zero-order valence-electron chi connectivity index (χ0n) is 12.9. The zero-order valence-corrected chi connectivity index (χ0v) is 12.9. The Balaban J connectivity index is 1.54. The molecular weight excluding hydrogens is 244 g/mol. The molecule has 0 bridgehead atoms. The standard InChI is InChI=1S/C18H28N2/c1-14-10-17(12-19-18-8-9-18)11-15(2)20(14)13-16-6-4-3-5-7-16/h3-7,14-15,17-19H,8-13H2,1-2H3/t14-,15+,17?. The summed E-state index contributed by atoms with van der Waals surface area (Å²) in [5.41, 5.74) is 1.45. The molecule has 1 saturated heterocycles. The van der Waals surface area contributed by atoms with Crippen molar-refractivity contribution in [2.24, 2.45) is 5.92 Å². The molecule has 1 N–H and O–H groups in total. The molecule has 1 aromatic carbocycles. The van der Waals surface area contributed by atoms with Gasteiger partial charge in [0.1, 0.15) is 0 Å². The predicted octanol–water partition coefficient (Wildman–Crippen LogP) is 3.43. The van der Waals surface area contributed by atoms with Gasteiger partial charge in [-0.15, -0.1) is 0 Å². The third kappa shape index (κ3) is 3.62. The lowest BCUT2D eigenvalue weighted by molar-refractivity contribution is 0.0625. The van der Waals surface area contributed by atoms with Gasteiger partial charge < -0.3 is 5.32 Å². The van der Waals surface area contributed by atoms with Gasteiger partial charge >= 0.3 is 0 Å². The van der Waals surface area contributed by atoms with E-state index in [2.05, 4.69) is 54.4 Å². The van der Waals surface area contributed by atoms with E-state index in [-0.39, 0.29) is 0 Å². The lowest BCUT2D eigenvalue weighted by Gasteiger charge is -2.43. The summed E-state index contributed by atoms with van der Waals surface area (Å²) in [6.45, 7) is 7.15. The first-order valence-corrected chi connectivity index (χ1v) is 8.25. The van der Waals surface area contributed by atoms with Crippen molar-refractivity contribution in [3.8, 4) is 0 Å². The third-order valence-corrected chi connectivity index (χ3v) is 4.96. The molecule has 3 atom stereocenters. The van der Waals surface area contributed by atoms with Crippen LogP contribution in [0.2, 0.25) is 0 Å². The highest BCUT2D eigenvalue weighted by Gasteiger charge is 2.31. The molecule has 2 nitrogen and oxygen atoms in total. The summed E-state index contributed by atoms with van der Waals surface area (Å²) in [5.74, 6) is 0.868. The molecule has 3 rings (SSSR count). The van der Waals surface area contributed by atoms with E-state index < -0.39 is 0 Å². The van der Waals surface area contributed by atoms with Gasteiger partial charge in [-0.1, -0.05) is 30.3 Å². The highest BCUT2D eigenvalue weighted by molar-refractivity contribution is 5.15. The van der Waals surface area contributed by atoms with Gasteiger partial charge in [-0.25, -0.2) is 0 Å². The van der Waals surface area contributed by atoms with E-state index in [1.165, 1.54) is 37.8 Å². The van der Waals surface area contributed by atoms with Crippen LogP contribution in [-0.2, 0) is 6.54 Å². The molecule has 1 aromatic rings. The molecule has 1 aliphatic heterocycles. The minimum Gasteiger partial charge on any atom is -0.314 e. The molecule has 1 unspecified atom stereocenters. The molecule has 2 aliphatic rings. The van der Waals surface area contributed by atoms with Crippen LogP contribution in [0.25, 0.3) is 0 Å². The Morgan fingerprint density at radius 2 is 1.70 bits per heavy atom. The van der Waals surface area contributed by atoms with Crippen LogP contribution in [0.15, 0.2) is 30.3 Å². The molecular formula is C18H28N2. The van der Waals surface area contributed by atoms with Crippen molar-refractivity contribution < 1.29 is 0 Å². The first-order valence-electron chi connectivity index (χ1n) is 8.25. The molecule has 0 spiro atoms. The maximum absolute atomic E-state index is 3.71. The molecule has 1 saturated carbocycles. The summed E-state index contributed by atoms with van der Waals surface area (Å²) < 4.78 is 0. The number of hydrogen-bond acceptors (Lipinski definition) is 2. The first-order chi connectivity index (χ1) is 9.72. The third-order valence-electron chi connectivity index (χ3n) is 4.96. The SMILES string of the molecule is C[C@@H]1CC(CNC2CC2)C[C@H](C)N1Cc1ccccc1. The van der Waals surface area contributed by atoms with E-state index in [4.69, 9.17) is 0 Å². The number of benzene rings is 1. The summed E-state index contributed by atoms with van der Waals surface area (Å²) in [5, 5.41) is 3.71.